The van der Waals surface area contributed by atoms with Crippen LogP contribution in [0.3, 0.4) is 0 Å². The van der Waals surface area contributed by atoms with Gasteiger partial charge >= 0.3 is 0 Å². The zero-order chi connectivity index (χ0) is 11.5. The lowest BCUT2D eigenvalue weighted by molar-refractivity contribution is 1.02. The van der Waals surface area contributed by atoms with Gasteiger partial charge in [0, 0.05) is 27.0 Å². The third-order valence-corrected chi connectivity index (χ3v) is 4.69. The van der Waals surface area contributed by atoms with E-state index >= 15 is 0 Å². The van der Waals surface area contributed by atoms with Gasteiger partial charge in [-0.05, 0) is 24.6 Å². The topological polar surface area (TPSA) is 38.9 Å². The van der Waals surface area contributed by atoms with Crippen LogP contribution in [0.5, 0.6) is 0 Å². The summed E-state index contributed by atoms with van der Waals surface area (Å²) >= 11 is 6.81. The number of hydrogen-bond acceptors (Lipinski definition) is 4. The summed E-state index contributed by atoms with van der Waals surface area (Å²) < 4.78 is 2.13. The van der Waals surface area contributed by atoms with Crippen LogP contribution in [-0.2, 0) is 6.54 Å². The molecule has 0 aliphatic rings. The van der Waals surface area contributed by atoms with E-state index in [0.717, 1.165) is 20.1 Å². The number of nitrogens with two attached hydrogens (primary N) is 1. The Balaban J connectivity index is 2.29. The molecule has 16 heavy (non-hydrogen) atoms. The summed E-state index contributed by atoms with van der Waals surface area (Å²) in [5.74, 6) is 0. The Morgan fingerprint density at radius 2 is 2.31 bits per heavy atom. The van der Waals surface area contributed by atoms with Crippen molar-refractivity contribution in [1.82, 2.24) is 4.98 Å². The number of nitrogens with zero attached hydrogens (tertiary/aromatic N) is 1. The van der Waals surface area contributed by atoms with Crippen molar-refractivity contribution in [2.75, 3.05) is 0 Å². The minimum Gasteiger partial charge on any atom is -0.326 e. The SMILES string of the molecule is Cc1csc(Sc2cc(Br)ccc2CN)n1. The number of aryl methyl sites for hydroxylation is 1. The molecule has 0 spiro atoms. The van der Waals surface area contributed by atoms with Crippen LogP contribution in [0, 0.1) is 6.92 Å². The lowest BCUT2D eigenvalue weighted by Gasteiger charge is -2.05. The summed E-state index contributed by atoms with van der Waals surface area (Å²) in [6.45, 7) is 2.56. The number of thiazole rings is 1. The Bertz CT molecular complexity index is 496. The maximum absolute atomic E-state index is 5.71. The van der Waals surface area contributed by atoms with E-state index < -0.39 is 0 Å². The highest BCUT2D eigenvalue weighted by Crippen LogP contribution is 2.34. The van der Waals surface area contributed by atoms with Gasteiger partial charge in [-0.3, -0.25) is 0 Å². The van der Waals surface area contributed by atoms with Crippen LogP contribution in [0.1, 0.15) is 11.3 Å². The molecule has 2 nitrogen and oxygen atoms in total. The first-order valence-electron chi connectivity index (χ1n) is 4.77. The largest absolute Gasteiger partial charge is 0.326 e. The number of halogens is 1. The quantitative estimate of drug-likeness (QED) is 0.936. The Morgan fingerprint density at radius 1 is 1.50 bits per heavy atom. The summed E-state index contributed by atoms with van der Waals surface area (Å²) in [5.41, 5.74) is 7.93. The van der Waals surface area contributed by atoms with Crippen LogP contribution in [-0.4, -0.2) is 4.98 Å². The molecule has 0 bridgehead atoms. The van der Waals surface area contributed by atoms with Gasteiger partial charge < -0.3 is 5.73 Å². The zero-order valence-corrected chi connectivity index (χ0v) is 12.0. The lowest BCUT2D eigenvalue weighted by Crippen LogP contribution is -1.97. The Morgan fingerprint density at radius 3 is 2.94 bits per heavy atom. The van der Waals surface area contributed by atoms with Crippen molar-refractivity contribution in [2.24, 2.45) is 5.73 Å². The van der Waals surface area contributed by atoms with Crippen molar-refractivity contribution in [1.29, 1.82) is 0 Å². The minimum absolute atomic E-state index is 0.556. The smallest absolute Gasteiger partial charge is 0.154 e. The molecule has 2 aromatic rings. The minimum atomic E-state index is 0.556. The Hall–Kier alpha value is -0.360. The lowest BCUT2D eigenvalue weighted by atomic mass is 10.2. The number of aromatic nitrogens is 1. The van der Waals surface area contributed by atoms with Gasteiger partial charge in [-0.1, -0.05) is 33.8 Å². The summed E-state index contributed by atoms with van der Waals surface area (Å²) in [6, 6.07) is 6.15. The Kier molecular flexibility index (Phi) is 4.02. The molecule has 0 saturated carbocycles. The van der Waals surface area contributed by atoms with Crippen molar-refractivity contribution in [3.63, 3.8) is 0 Å². The van der Waals surface area contributed by atoms with Crippen molar-refractivity contribution in [3.05, 3.63) is 39.3 Å². The standard InChI is InChI=1S/C11H11BrN2S2/c1-7-6-15-11(14-7)16-10-4-9(12)3-2-8(10)5-13/h2-4,6H,5,13H2,1H3. The van der Waals surface area contributed by atoms with Gasteiger partial charge in [0.05, 0.1) is 0 Å². The van der Waals surface area contributed by atoms with Crippen LogP contribution in [0.2, 0.25) is 0 Å². The van der Waals surface area contributed by atoms with E-state index in [4.69, 9.17) is 5.73 Å². The van der Waals surface area contributed by atoms with Gasteiger partial charge in [0.2, 0.25) is 0 Å². The molecule has 0 unspecified atom stereocenters. The third-order valence-electron chi connectivity index (χ3n) is 2.04. The monoisotopic (exact) mass is 314 g/mol. The first-order chi connectivity index (χ1) is 7.69. The van der Waals surface area contributed by atoms with Crippen LogP contribution < -0.4 is 5.73 Å². The molecule has 2 N–H and O–H groups in total. The van der Waals surface area contributed by atoms with Gasteiger partial charge in [0.25, 0.3) is 0 Å². The second kappa shape index (κ2) is 5.31. The highest BCUT2D eigenvalue weighted by Gasteiger charge is 2.06. The first-order valence-corrected chi connectivity index (χ1v) is 7.26. The molecule has 0 radical (unpaired) electrons. The van der Waals surface area contributed by atoms with Gasteiger partial charge in [0.15, 0.2) is 4.34 Å². The van der Waals surface area contributed by atoms with Gasteiger partial charge in [-0.15, -0.1) is 11.3 Å². The van der Waals surface area contributed by atoms with Gasteiger partial charge in [-0.25, -0.2) is 4.98 Å². The van der Waals surface area contributed by atoms with Crippen molar-refractivity contribution >= 4 is 39.0 Å². The maximum Gasteiger partial charge on any atom is 0.154 e. The summed E-state index contributed by atoms with van der Waals surface area (Å²) in [4.78, 5) is 5.61. The fraction of sp³-hybridized carbons (Fsp3) is 0.182. The van der Waals surface area contributed by atoms with Gasteiger partial charge in [-0.2, -0.15) is 0 Å². The molecular formula is C11H11BrN2S2. The van der Waals surface area contributed by atoms with E-state index in [2.05, 4.69) is 32.4 Å². The Labute approximate surface area is 111 Å². The molecule has 1 aromatic carbocycles. The first kappa shape index (κ1) is 12.1. The average Bonchev–Trinajstić information content (AvgIpc) is 2.64. The van der Waals surface area contributed by atoms with E-state index in [-0.39, 0.29) is 0 Å². The van der Waals surface area contributed by atoms with Crippen LogP contribution in [0.15, 0.2) is 37.3 Å². The fourth-order valence-corrected chi connectivity index (χ4v) is 3.75. The molecule has 0 amide bonds. The zero-order valence-electron chi connectivity index (χ0n) is 8.74. The average molecular weight is 315 g/mol. The molecule has 2 rings (SSSR count). The summed E-state index contributed by atoms with van der Waals surface area (Å²) in [6.07, 6.45) is 0. The highest BCUT2D eigenvalue weighted by molar-refractivity contribution is 9.10. The van der Waals surface area contributed by atoms with Crippen LogP contribution in [0.25, 0.3) is 0 Å². The molecule has 0 saturated heterocycles. The van der Waals surface area contributed by atoms with E-state index in [9.17, 15) is 0 Å². The highest BCUT2D eigenvalue weighted by atomic mass is 79.9. The second-order valence-electron chi connectivity index (χ2n) is 3.31. The molecule has 0 aliphatic heterocycles. The predicted octanol–water partition coefficient (Wildman–Crippen LogP) is 3.82. The third kappa shape index (κ3) is 2.85. The summed E-state index contributed by atoms with van der Waals surface area (Å²) in [7, 11) is 0. The number of benzene rings is 1. The maximum atomic E-state index is 5.71. The van der Waals surface area contributed by atoms with Crippen LogP contribution in [0.4, 0.5) is 0 Å². The van der Waals surface area contributed by atoms with Crippen LogP contribution >= 0.6 is 39.0 Å². The van der Waals surface area contributed by atoms with Crippen molar-refractivity contribution in [3.8, 4) is 0 Å². The van der Waals surface area contributed by atoms with Crippen molar-refractivity contribution in [2.45, 2.75) is 22.7 Å². The molecule has 84 valence electrons. The van der Waals surface area contributed by atoms with Crippen molar-refractivity contribution < 1.29 is 0 Å². The number of rotatable bonds is 3. The fourth-order valence-electron chi connectivity index (χ4n) is 1.27. The molecule has 5 heteroatoms. The normalized spacial score (nSPS) is 10.7. The number of hydrogen-bond donors (Lipinski definition) is 1. The van der Waals surface area contributed by atoms with Gasteiger partial charge in [0.1, 0.15) is 0 Å². The molecule has 0 aliphatic carbocycles. The molecule has 0 atom stereocenters. The molecule has 1 aromatic heterocycles. The van der Waals surface area contributed by atoms with E-state index in [1.54, 1.807) is 23.1 Å². The second-order valence-corrected chi connectivity index (χ2v) is 6.38. The summed E-state index contributed by atoms with van der Waals surface area (Å²) in [5, 5.41) is 2.06. The molecule has 1 heterocycles. The van der Waals surface area contributed by atoms with E-state index in [1.165, 1.54) is 4.90 Å². The molecule has 0 fully saturated rings. The van der Waals surface area contributed by atoms with E-state index in [1.807, 2.05) is 19.1 Å². The molecular weight excluding hydrogens is 304 g/mol. The van der Waals surface area contributed by atoms with E-state index in [0.29, 0.717) is 6.54 Å². The predicted molar refractivity (Wildman–Crippen MR) is 73.0 cm³/mol.